The predicted octanol–water partition coefficient (Wildman–Crippen LogP) is 1.48. The summed E-state index contributed by atoms with van der Waals surface area (Å²) in [5.74, 6) is 0. The van der Waals surface area contributed by atoms with Crippen molar-refractivity contribution in [1.29, 1.82) is 0 Å². The van der Waals surface area contributed by atoms with Gasteiger partial charge in [0.15, 0.2) is 0 Å². The number of nitro groups is 1. The van der Waals surface area contributed by atoms with Crippen molar-refractivity contribution in [2.45, 2.75) is 0 Å². The first-order valence-corrected chi connectivity index (χ1v) is 6.59. The van der Waals surface area contributed by atoms with E-state index < -0.39 is 16.2 Å². The van der Waals surface area contributed by atoms with Crippen LogP contribution in [-0.4, -0.2) is 20.8 Å². The van der Waals surface area contributed by atoms with Crippen LogP contribution >= 0.6 is 0 Å². The van der Waals surface area contributed by atoms with E-state index in [1.807, 2.05) is 0 Å². The Morgan fingerprint density at radius 1 is 1.13 bits per heavy atom. The molecular formula is C15H10N4O4. The smallest absolute Gasteiger partial charge is 0.305 e. The van der Waals surface area contributed by atoms with Crippen LogP contribution in [0.3, 0.4) is 0 Å². The molecule has 0 saturated heterocycles. The van der Waals surface area contributed by atoms with Gasteiger partial charge in [0.1, 0.15) is 0 Å². The zero-order valence-electron chi connectivity index (χ0n) is 11.7. The van der Waals surface area contributed by atoms with Gasteiger partial charge in [-0.2, -0.15) is 5.10 Å². The van der Waals surface area contributed by atoms with E-state index in [9.17, 15) is 19.7 Å². The minimum absolute atomic E-state index is 0.103. The lowest BCUT2D eigenvalue weighted by atomic mass is 10.2. The number of hydrogen-bond donors (Lipinski definition) is 1. The van der Waals surface area contributed by atoms with E-state index in [2.05, 4.69) is 10.1 Å². The number of rotatable bonds is 3. The van der Waals surface area contributed by atoms with Crippen LogP contribution in [0.4, 0.5) is 5.69 Å². The summed E-state index contributed by atoms with van der Waals surface area (Å²) in [7, 11) is 0. The molecule has 0 saturated carbocycles. The van der Waals surface area contributed by atoms with Crippen LogP contribution in [0.1, 0.15) is 5.56 Å². The molecular weight excluding hydrogens is 300 g/mol. The van der Waals surface area contributed by atoms with Gasteiger partial charge in [-0.05, 0) is 12.1 Å². The molecule has 0 unspecified atom stereocenters. The molecule has 1 N–H and O–H groups in total. The molecule has 0 aliphatic rings. The topological polar surface area (TPSA) is 110 Å². The zero-order chi connectivity index (χ0) is 16.4. The first-order chi connectivity index (χ1) is 11.1. The Kier molecular flexibility index (Phi) is 3.55. The van der Waals surface area contributed by atoms with Gasteiger partial charge in [-0.25, -0.2) is 4.79 Å². The number of fused-ring (bicyclic) bond motifs is 1. The van der Waals surface area contributed by atoms with Crippen molar-refractivity contribution >= 4 is 22.8 Å². The Bertz CT molecular complexity index is 1050. The van der Waals surface area contributed by atoms with Gasteiger partial charge in [0, 0.05) is 17.7 Å². The molecule has 8 heteroatoms. The number of aromatic amines is 1. The van der Waals surface area contributed by atoms with E-state index in [1.165, 1.54) is 24.4 Å². The summed E-state index contributed by atoms with van der Waals surface area (Å²) in [6.45, 7) is 0. The predicted molar refractivity (Wildman–Crippen MR) is 84.9 cm³/mol. The molecule has 0 fully saturated rings. The molecule has 114 valence electrons. The van der Waals surface area contributed by atoms with Gasteiger partial charge < -0.3 is 4.98 Å². The first-order valence-electron chi connectivity index (χ1n) is 6.59. The number of nitro benzene ring substituents is 1. The minimum atomic E-state index is -0.685. The van der Waals surface area contributed by atoms with Gasteiger partial charge >= 0.3 is 5.69 Å². The second-order valence-electron chi connectivity index (χ2n) is 4.69. The number of para-hydroxylation sites is 1. The van der Waals surface area contributed by atoms with Crippen molar-refractivity contribution in [3.63, 3.8) is 0 Å². The highest BCUT2D eigenvalue weighted by Crippen LogP contribution is 2.11. The standard InChI is InChI=1S/C15H10N4O4/c20-14-12-6-1-2-7-13(12)17-15(21)18(14)16-9-10-4-3-5-11(8-10)19(22)23/h1-9H,(H,17,21). The number of benzene rings is 2. The maximum absolute atomic E-state index is 12.3. The lowest BCUT2D eigenvalue weighted by Gasteiger charge is -2.00. The maximum Gasteiger partial charge on any atom is 0.349 e. The van der Waals surface area contributed by atoms with Gasteiger partial charge in [-0.15, -0.1) is 4.68 Å². The SMILES string of the molecule is O=c1[nH]c2ccccc2c(=O)n1N=Cc1cccc([N+](=O)[O-])c1. The van der Waals surface area contributed by atoms with Crippen molar-refractivity contribution in [3.8, 4) is 0 Å². The first kappa shape index (κ1) is 14.4. The second kappa shape index (κ2) is 5.68. The third-order valence-electron chi connectivity index (χ3n) is 3.19. The molecule has 0 bridgehead atoms. The fourth-order valence-corrected chi connectivity index (χ4v) is 2.10. The molecule has 0 atom stereocenters. The van der Waals surface area contributed by atoms with Crippen molar-refractivity contribution in [1.82, 2.24) is 9.66 Å². The number of nitrogens with one attached hydrogen (secondary N) is 1. The number of nitrogens with zero attached hydrogens (tertiary/aromatic N) is 3. The summed E-state index contributed by atoms with van der Waals surface area (Å²) in [6, 6.07) is 12.3. The highest BCUT2D eigenvalue weighted by molar-refractivity contribution is 5.81. The molecule has 0 amide bonds. The van der Waals surface area contributed by atoms with Gasteiger partial charge in [0.25, 0.3) is 11.2 Å². The molecule has 2 aromatic carbocycles. The van der Waals surface area contributed by atoms with Crippen molar-refractivity contribution in [2.24, 2.45) is 5.10 Å². The summed E-state index contributed by atoms with van der Waals surface area (Å²) in [6.07, 6.45) is 1.22. The number of H-pyrrole nitrogens is 1. The Hall–Kier alpha value is -3.55. The maximum atomic E-state index is 12.3. The molecule has 3 rings (SSSR count). The molecule has 0 aliphatic heterocycles. The van der Waals surface area contributed by atoms with Crippen LogP contribution in [0.15, 0.2) is 63.2 Å². The molecule has 0 aliphatic carbocycles. The van der Waals surface area contributed by atoms with Crippen LogP contribution in [0.25, 0.3) is 10.9 Å². The number of hydrogen-bond acceptors (Lipinski definition) is 5. The van der Waals surface area contributed by atoms with E-state index in [0.717, 1.165) is 0 Å². The van der Waals surface area contributed by atoms with E-state index in [-0.39, 0.29) is 5.69 Å². The van der Waals surface area contributed by atoms with E-state index in [0.29, 0.717) is 21.1 Å². The van der Waals surface area contributed by atoms with Crippen LogP contribution in [0, 0.1) is 10.1 Å². The van der Waals surface area contributed by atoms with E-state index in [1.54, 1.807) is 30.3 Å². The minimum Gasteiger partial charge on any atom is -0.305 e. The van der Waals surface area contributed by atoms with Crippen molar-refractivity contribution in [3.05, 3.63) is 85.0 Å². The molecule has 3 aromatic rings. The summed E-state index contributed by atoms with van der Waals surface area (Å²) >= 11 is 0. The third-order valence-corrected chi connectivity index (χ3v) is 3.19. The number of aromatic nitrogens is 2. The van der Waals surface area contributed by atoms with Crippen LogP contribution in [-0.2, 0) is 0 Å². The van der Waals surface area contributed by atoms with Crippen LogP contribution < -0.4 is 11.2 Å². The molecule has 0 spiro atoms. The second-order valence-corrected chi connectivity index (χ2v) is 4.69. The van der Waals surface area contributed by atoms with E-state index >= 15 is 0 Å². The Morgan fingerprint density at radius 2 is 1.91 bits per heavy atom. The summed E-state index contributed by atoms with van der Waals surface area (Å²) in [5, 5.41) is 14.9. The fourth-order valence-electron chi connectivity index (χ4n) is 2.10. The Balaban J connectivity index is 2.08. The molecule has 1 heterocycles. The molecule has 23 heavy (non-hydrogen) atoms. The van der Waals surface area contributed by atoms with Crippen LogP contribution in [0.2, 0.25) is 0 Å². The third kappa shape index (κ3) is 2.77. The fraction of sp³-hybridized carbons (Fsp3) is 0. The highest BCUT2D eigenvalue weighted by Gasteiger charge is 2.07. The summed E-state index contributed by atoms with van der Waals surface area (Å²) < 4.78 is 0.682. The van der Waals surface area contributed by atoms with Crippen LogP contribution in [0.5, 0.6) is 0 Å². The lowest BCUT2D eigenvalue weighted by Crippen LogP contribution is -2.32. The average molecular weight is 310 g/mol. The van der Waals surface area contributed by atoms with Gasteiger partial charge in [0.05, 0.1) is 22.0 Å². The highest BCUT2D eigenvalue weighted by atomic mass is 16.6. The van der Waals surface area contributed by atoms with Gasteiger partial charge in [0.2, 0.25) is 0 Å². The van der Waals surface area contributed by atoms with E-state index in [4.69, 9.17) is 0 Å². The van der Waals surface area contributed by atoms with Crippen molar-refractivity contribution in [2.75, 3.05) is 0 Å². The summed E-state index contributed by atoms with van der Waals surface area (Å²) in [5.41, 5.74) is -0.530. The Morgan fingerprint density at radius 3 is 2.70 bits per heavy atom. The van der Waals surface area contributed by atoms with Gasteiger partial charge in [-0.1, -0.05) is 24.3 Å². The van der Waals surface area contributed by atoms with Crippen molar-refractivity contribution < 1.29 is 4.92 Å². The monoisotopic (exact) mass is 310 g/mol. The van der Waals surface area contributed by atoms with Gasteiger partial charge in [-0.3, -0.25) is 14.9 Å². The quantitative estimate of drug-likeness (QED) is 0.448. The average Bonchev–Trinajstić information content (AvgIpc) is 2.55. The summed E-state index contributed by atoms with van der Waals surface area (Å²) in [4.78, 5) is 37.0. The number of non-ortho nitro benzene ring substituents is 1. The molecule has 1 aromatic heterocycles. The Labute approximate surface area is 128 Å². The molecule has 8 nitrogen and oxygen atoms in total. The molecule has 0 radical (unpaired) electrons. The normalized spacial score (nSPS) is 11.1. The largest absolute Gasteiger partial charge is 0.349 e. The zero-order valence-corrected chi connectivity index (χ0v) is 11.7. The lowest BCUT2D eigenvalue weighted by molar-refractivity contribution is -0.384.